The SMILES string of the molecule is CCCCCCCCCCCCc1cccc(C)c1S(=O)(=O)O.N. The Morgan fingerprint density at radius 1 is 0.875 bits per heavy atom. The minimum Gasteiger partial charge on any atom is -0.344 e. The number of hydrogen-bond donors (Lipinski definition) is 2. The van der Waals surface area contributed by atoms with E-state index in [1.807, 2.05) is 12.1 Å². The molecule has 0 radical (unpaired) electrons. The smallest absolute Gasteiger partial charge is 0.295 e. The molecule has 0 spiro atoms. The molecular formula is C19H35NO3S. The fourth-order valence-corrected chi connectivity index (χ4v) is 4.06. The lowest BCUT2D eigenvalue weighted by Gasteiger charge is -2.10. The van der Waals surface area contributed by atoms with Crippen molar-refractivity contribution in [1.82, 2.24) is 6.15 Å². The lowest BCUT2D eigenvalue weighted by molar-refractivity contribution is 0.481. The molecule has 5 heteroatoms. The van der Waals surface area contributed by atoms with Crippen LogP contribution in [-0.4, -0.2) is 13.0 Å². The van der Waals surface area contributed by atoms with Crippen LogP contribution in [0.25, 0.3) is 0 Å². The maximum Gasteiger partial charge on any atom is 0.295 e. The van der Waals surface area contributed by atoms with E-state index < -0.39 is 10.1 Å². The summed E-state index contributed by atoms with van der Waals surface area (Å²) < 4.78 is 32.4. The van der Waals surface area contributed by atoms with Crippen molar-refractivity contribution >= 4 is 10.1 Å². The molecular weight excluding hydrogens is 322 g/mol. The van der Waals surface area contributed by atoms with Crippen LogP contribution in [-0.2, 0) is 16.5 Å². The number of hydrogen-bond acceptors (Lipinski definition) is 3. The molecule has 140 valence electrons. The van der Waals surface area contributed by atoms with E-state index >= 15 is 0 Å². The second-order valence-electron chi connectivity index (χ2n) is 6.47. The van der Waals surface area contributed by atoms with E-state index in [0.717, 1.165) is 18.4 Å². The lowest BCUT2D eigenvalue weighted by Crippen LogP contribution is -2.05. The molecule has 0 aliphatic heterocycles. The molecule has 1 rings (SSSR count). The number of benzene rings is 1. The molecule has 0 saturated heterocycles. The lowest BCUT2D eigenvalue weighted by atomic mass is 10.0. The van der Waals surface area contributed by atoms with Gasteiger partial charge in [0, 0.05) is 0 Å². The zero-order valence-corrected chi connectivity index (χ0v) is 16.2. The van der Waals surface area contributed by atoms with Crippen LogP contribution in [0.2, 0.25) is 0 Å². The Hall–Kier alpha value is -0.910. The molecule has 0 amide bonds. The molecule has 0 fully saturated rings. The van der Waals surface area contributed by atoms with Crippen LogP contribution in [0.5, 0.6) is 0 Å². The van der Waals surface area contributed by atoms with E-state index in [0.29, 0.717) is 12.0 Å². The Bertz CT molecular complexity index is 556. The predicted octanol–water partition coefficient (Wildman–Crippen LogP) is 5.87. The van der Waals surface area contributed by atoms with E-state index in [1.54, 1.807) is 13.0 Å². The maximum absolute atomic E-state index is 11.5. The summed E-state index contributed by atoms with van der Waals surface area (Å²) in [5.74, 6) is 0. The molecule has 0 aliphatic rings. The Balaban J connectivity index is 0.00000529. The van der Waals surface area contributed by atoms with Gasteiger partial charge in [0.2, 0.25) is 0 Å². The maximum atomic E-state index is 11.5. The van der Waals surface area contributed by atoms with Gasteiger partial charge in [-0.15, -0.1) is 0 Å². The zero-order valence-electron chi connectivity index (χ0n) is 15.4. The highest BCUT2D eigenvalue weighted by Gasteiger charge is 2.17. The van der Waals surface area contributed by atoms with Gasteiger partial charge in [0.05, 0.1) is 4.90 Å². The van der Waals surface area contributed by atoms with Crippen LogP contribution in [0.4, 0.5) is 0 Å². The first-order valence-electron chi connectivity index (χ1n) is 9.02. The minimum atomic E-state index is -4.13. The van der Waals surface area contributed by atoms with Crippen LogP contribution >= 0.6 is 0 Å². The van der Waals surface area contributed by atoms with Crippen molar-refractivity contribution in [3.63, 3.8) is 0 Å². The Morgan fingerprint density at radius 3 is 1.88 bits per heavy atom. The van der Waals surface area contributed by atoms with Crippen LogP contribution in [0.3, 0.4) is 0 Å². The van der Waals surface area contributed by atoms with Gasteiger partial charge in [0.25, 0.3) is 10.1 Å². The normalized spacial score (nSPS) is 11.3. The van der Waals surface area contributed by atoms with Gasteiger partial charge < -0.3 is 6.15 Å². The summed E-state index contributed by atoms with van der Waals surface area (Å²) in [5, 5.41) is 0. The van der Waals surface area contributed by atoms with Gasteiger partial charge in [-0.05, 0) is 30.9 Å². The van der Waals surface area contributed by atoms with Crippen LogP contribution in [0.15, 0.2) is 23.1 Å². The van der Waals surface area contributed by atoms with Crippen molar-refractivity contribution in [1.29, 1.82) is 0 Å². The van der Waals surface area contributed by atoms with Gasteiger partial charge in [0.1, 0.15) is 0 Å². The average Bonchev–Trinajstić information content (AvgIpc) is 2.48. The van der Waals surface area contributed by atoms with Crippen molar-refractivity contribution in [2.75, 3.05) is 0 Å². The van der Waals surface area contributed by atoms with Gasteiger partial charge >= 0.3 is 0 Å². The van der Waals surface area contributed by atoms with Crippen LogP contribution in [0.1, 0.15) is 82.3 Å². The monoisotopic (exact) mass is 357 g/mol. The van der Waals surface area contributed by atoms with Crippen LogP contribution in [0, 0.1) is 6.92 Å². The molecule has 0 heterocycles. The third-order valence-electron chi connectivity index (χ3n) is 4.35. The molecule has 0 bridgehead atoms. The molecule has 4 N–H and O–H groups in total. The molecule has 0 aliphatic carbocycles. The van der Waals surface area contributed by atoms with Crippen molar-refractivity contribution in [3.05, 3.63) is 29.3 Å². The third kappa shape index (κ3) is 8.81. The molecule has 0 unspecified atom stereocenters. The second-order valence-corrected chi connectivity index (χ2v) is 7.83. The number of unbranched alkanes of at least 4 members (excludes halogenated alkanes) is 9. The minimum absolute atomic E-state index is 0. The Kier molecular flexibility index (Phi) is 12.0. The third-order valence-corrected chi connectivity index (χ3v) is 5.45. The summed E-state index contributed by atoms with van der Waals surface area (Å²) in [4.78, 5) is 0.107. The fourth-order valence-electron chi connectivity index (χ4n) is 3.08. The summed E-state index contributed by atoms with van der Waals surface area (Å²) in [5.41, 5.74) is 1.36. The Morgan fingerprint density at radius 2 is 1.38 bits per heavy atom. The highest BCUT2D eigenvalue weighted by molar-refractivity contribution is 7.86. The van der Waals surface area contributed by atoms with E-state index in [4.69, 9.17) is 0 Å². The van der Waals surface area contributed by atoms with Gasteiger partial charge in [0.15, 0.2) is 0 Å². The molecule has 24 heavy (non-hydrogen) atoms. The molecule has 1 aromatic carbocycles. The number of aryl methyl sites for hydroxylation is 2. The topological polar surface area (TPSA) is 89.4 Å². The van der Waals surface area contributed by atoms with Crippen molar-refractivity contribution in [3.8, 4) is 0 Å². The fraction of sp³-hybridized carbons (Fsp3) is 0.684. The molecule has 4 nitrogen and oxygen atoms in total. The second kappa shape index (κ2) is 12.5. The van der Waals surface area contributed by atoms with E-state index in [1.165, 1.54) is 51.4 Å². The van der Waals surface area contributed by atoms with Gasteiger partial charge in [-0.25, -0.2) is 0 Å². The van der Waals surface area contributed by atoms with E-state index in [2.05, 4.69) is 6.92 Å². The first kappa shape index (κ1) is 23.1. The van der Waals surface area contributed by atoms with Crippen molar-refractivity contribution < 1.29 is 13.0 Å². The zero-order chi connectivity index (χ0) is 17.1. The van der Waals surface area contributed by atoms with Gasteiger partial charge in [-0.3, -0.25) is 4.55 Å². The summed E-state index contributed by atoms with van der Waals surface area (Å²) in [6.07, 6.45) is 13.3. The summed E-state index contributed by atoms with van der Waals surface area (Å²) in [6.45, 7) is 3.97. The van der Waals surface area contributed by atoms with Gasteiger partial charge in [-0.1, -0.05) is 82.9 Å². The average molecular weight is 358 g/mol. The standard InChI is InChI=1S/C19H32O3S.H3N/c1-3-4-5-6-7-8-9-10-11-12-15-18-16-13-14-17(2)19(18)23(20,21)22;/h13-14,16H,3-12,15H2,1-2H3,(H,20,21,22);1H3. The molecule has 0 aromatic heterocycles. The largest absolute Gasteiger partial charge is 0.344 e. The molecule has 1 aromatic rings. The first-order valence-corrected chi connectivity index (χ1v) is 10.5. The highest BCUT2D eigenvalue weighted by Crippen LogP contribution is 2.22. The van der Waals surface area contributed by atoms with Crippen molar-refractivity contribution in [2.24, 2.45) is 0 Å². The Labute approximate surface area is 148 Å². The summed E-state index contributed by atoms with van der Waals surface area (Å²) >= 11 is 0. The highest BCUT2D eigenvalue weighted by atomic mass is 32.2. The van der Waals surface area contributed by atoms with E-state index in [-0.39, 0.29) is 11.0 Å². The predicted molar refractivity (Wildman–Crippen MR) is 102 cm³/mol. The molecule has 0 saturated carbocycles. The first-order chi connectivity index (χ1) is 11.0. The quantitative estimate of drug-likeness (QED) is 0.362. The summed E-state index contributed by atoms with van der Waals surface area (Å²) in [7, 11) is -4.13. The van der Waals surface area contributed by atoms with Gasteiger partial charge in [-0.2, -0.15) is 8.42 Å². The summed E-state index contributed by atoms with van der Waals surface area (Å²) in [6, 6.07) is 5.39. The molecule has 0 atom stereocenters. The van der Waals surface area contributed by atoms with Crippen molar-refractivity contribution in [2.45, 2.75) is 89.4 Å². The van der Waals surface area contributed by atoms with E-state index in [9.17, 15) is 13.0 Å². The number of rotatable bonds is 12. The van der Waals surface area contributed by atoms with Crippen LogP contribution < -0.4 is 6.15 Å².